The van der Waals surface area contributed by atoms with E-state index in [1.807, 2.05) is 52.8 Å². The average Bonchev–Trinajstić information content (AvgIpc) is 3.10. The van der Waals surface area contributed by atoms with Gasteiger partial charge in [-0.25, -0.2) is 15.0 Å². The van der Waals surface area contributed by atoms with Crippen molar-refractivity contribution in [1.82, 2.24) is 15.0 Å². The van der Waals surface area contributed by atoms with Crippen LogP contribution in [0.4, 0.5) is 17.5 Å². The van der Waals surface area contributed by atoms with Gasteiger partial charge < -0.3 is 25.0 Å². The second-order valence-electron chi connectivity index (χ2n) is 14.5. The molecule has 2 N–H and O–H groups in total. The van der Waals surface area contributed by atoms with E-state index in [0.29, 0.717) is 24.0 Å². The number of carbonyl (C=O) groups excluding carboxylic acids is 2. The van der Waals surface area contributed by atoms with Gasteiger partial charge in [0.05, 0.1) is 18.9 Å². The molecule has 1 atom stereocenters. The van der Waals surface area contributed by atoms with E-state index in [0.717, 1.165) is 84.5 Å². The number of nitrogens with zero attached hydrogens (tertiary/aromatic N) is 4. The van der Waals surface area contributed by atoms with Crippen molar-refractivity contribution < 1.29 is 19.1 Å². The molecule has 0 aliphatic carbocycles. The topological polar surface area (TPSA) is 119 Å². The molecule has 0 amide bonds. The molecule has 10 nitrogen and oxygen atoms in total. The number of fused-ring (bicyclic) bond motifs is 2. The van der Waals surface area contributed by atoms with Crippen LogP contribution in [-0.4, -0.2) is 65.3 Å². The largest absolute Gasteiger partial charge is 0.465 e. The number of pyridine rings is 1. The van der Waals surface area contributed by atoms with E-state index in [4.69, 9.17) is 24.4 Å². The smallest absolute Gasteiger partial charge is 0.311 e. The van der Waals surface area contributed by atoms with Crippen molar-refractivity contribution in [3.63, 3.8) is 0 Å². The maximum atomic E-state index is 13.3. The van der Waals surface area contributed by atoms with Crippen LogP contribution in [0.3, 0.4) is 0 Å². The number of aromatic nitrogens is 3. The summed E-state index contributed by atoms with van der Waals surface area (Å²) in [6.07, 6.45) is 4.70. The van der Waals surface area contributed by atoms with Crippen LogP contribution >= 0.6 is 0 Å². The van der Waals surface area contributed by atoms with Crippen molar-refractivity contribution in [2.75, 3.05) is 48.3 Å². The van der Waals surface area contributed by atoms with E-state index < -0.39 is 23.5 Å². The van der Waals surface area contributed by atoms with Crippen molar-refractivity contribution in [3.05, 3.63) is 82.8 Å². The van der Waals surface area contributed by atoms with Gasteiger partial charge in [-0.05, 0) is 88.3 Å². The van der Waals surface area contributed by atoms with E-state index in [9.17, 15) is 9.59 Å². The number of ether oxygens (including phenoxy) is 2. The van der Waals surface area contributed by atoms with Crippen molar-refractivity contribution in [1.29, 1.82) is 0 Å². The number of carbonyl (C=O) groups is 2. The van der Waals surface area contributed by atoms with Gasteiger partial charge in [0, 0.05) is 49.8 Å². The van der Waals surface area contributed by atoms with Crippen LogP contribution in [0, 0.1) is 19.8 Å². The summed E-state index contributed by atoms with van der Waals surface area (Å²) < 4.78 is 11.4. The van der Waals surface area contributed by atoms with Gasteiger partial charge in [-0.2, -0.15) is 0 Å². The number of benzene rings is 2. The van der Waals surface area contributed by atoms with Crippen LogP contribution < -0.4 is 15.5 Å². The zero-order chi connectivity index (χ0) is 35.3. The van der Waals surface area contributed by atoms with Crippen LogP contribution in [0.1, 0.15) is 80.6 Å². The molecule has 1 fully saturated rings. The first kappa shape index (κ1) is 35.1. The molecule has 0 saturated carbocycles. The van der Waals surface area contributed by atoms with Crippen LogP contribution in [0.5, 0.6) is 0 Å². The fraction of sp³-hybridized carbons (Fsp3) is 0.475. The van der Waals surface area contributed by atoms with Gasteiger partial charge in [0.2, 0.25) is 0 Å². The number of hydrogen-bond donors (Lipinski definition) is 2. The number of aryl methyl sites for hydroxylation is 2. The Hall–Kier alpha value is -4.73. The molecule has 4 aromatic rings. The Morgan fingerprint density at radius 1 is 1.00 bits per heavy atom. The molecule has 2 aromatic heterocycles. The molecule has 6 rings (SSSR count). The van der Waals surface area contributed by atoms with Crippen molar-refractivity contribution in [3.8, 4) is 0 Å². The van der Waals surface area contributed by atoms with Crippen molar-refractivity contribution in [2.24, 2.45) is 5.92 Å². The zero-order valence-electron chi connectivity index (χ0n) is 30.1. The molecule has 2 aromatic carbocycles. The predicted molar refractivity (Wildman–Crippen MR) is 198 cm³/mol. The van der Waals surface area contributed by atoms with Gasteiger partial charge in [0.25, 0.3) is 0 Å². The van der Waals surface area contributed by atoms with Crippen molar-refractivity contribution >= 4 is 40.2 Å². The molecule has 0 spiro atoms. The van der Waals surface area contributed by atoms with Crippen LogP contribution in [-0.2, 0) is 31.9 Å². The third-order valence-corrected chi connectivity index (χ3v) is 9.54. The molecule has 50 heavy (non-hydrogen) atoms. The van der Waals surface area contributed by atoms with E-state index in [2.05, 4.69) is 51.9 Å². The van der Waals surface area contributed by atoms with E-state index in [1.54, 1.807) is 0 Å². The van der Waals surface area contributed by atoms with Gasteiger partial charge in [0.15, 0.2) is 0 Å². The van der Waals surface area contributed by atoms with Gasteiger partial charge in [0.1, 0.15) is 28.9 Å². The Kier molecular flexibility index (Phi) is 10.8. The number of esters is 2. The number of hydrogen-bond acceptors (Lipinski definition) is 10. The maximum absolute atomic E-state index is 13.3. The van der Waals surface area contributed by atoms with Gasteiger partial charge in [-0.15, -0.1) is 0 Å². The molecule has 2 aliphatic rings. The Labute approximate surface area is 295 Å². The monoisotopic (exact) mass is 678 g/mol. The lowest BCUT2D eigenvalue weighted by Crippen LogP contribution is -2.35. The number of rotatable bonds is 11. The lowest BCUT2D eigenvalue weighted by molar-refractivity contribution is -0.163. The summed E-state index contributed by atoms with van der Waals surface area (Å²) >= 11 is 0. The molecule has 264 valence electrons. The number of piperidine rings is 1. The summed E-state index contributed by atoms with van der Waals surface area (Å²) in [7, 11) is 0. The fourth-order valence-electron chi connectivity index (χ4n) is 6.94. The molecule has 2 aliphatic heterocycles. The third-order valence-electron chi connectivity index (χ3n) is 9.54. The zero-order valence-corrected chi connectivity index (χ0v) is 30.1. The minimum Gasteiger partial charge on any atom is -0.465 e. The van der Waals surface area contributed by atoms with Crippen LogP contribution in [0.25, 0.3) is 10.8 Å². The normalized spacial score (nSPS) is 15.6. The summed E-state index contributed by atoms with van der Waals surface area (Å²) in [6.45, 7) is 12.5. The van der Waals surface area contributed by atoms with E-state index in [1.165, 1.54) is 5.56 Å². The van der Waals surface area contributed by atoms with E-state index in [-0.39, 0.29) is 19.6 Å². The molecule has 4 heterocycles. The van der Waals surface area contributed by atoms with Crippen LogP contribution in [0.2, 0.25) is 0 Å². The maximum Gasteiger partial charge on any atom is 0.311 e. The lowest BCUT2D eigenvalue weighted by atomic mass is 9.92. The molecule has 1 saturated heterocycles. The second kappa shape index (κ2) is 15.4. The Morgan fingerprint density at radius 2 is 1.78 bits per heavy atom. The number of nitrogens with one attached hydrogen (secondary N) is 2. The Balaban J connectivity index is 1.08. The third kappa shape index (κ3) is 8.70. The predicted octanol–water partition coefficient (Wildman–Crippen LogP) is 6.93. The highest BCUT2D eigenvalue weighted by Crippen LogP contribution is 2.33. The summed E-state index contributed by atoms with van der Waals surface area (Å²) in [4.78, 5) is 43.2. The van der Waals surface area contributed by atoms with Crippen LogP contribution in [0.15, 0.2) is 54.6 Å². The highest BCUT2D eigenvalue weighted by atomic mass is 16.6. The fourth-order valence-corrected chi connectivity index (χ4v) is 6.94. The molecule has 10 heteroatoms. The van der Waals surface area contributed by atoms with Gasteiger partial charge >= 0.3 is 11.9 Å². The molecular formula is C40H50N6O4. The minimum atomic E-state index is -0.758. The van der Waals surface area contributed by atoms with Gasteiger partial charge in [-0.1, -0.05) is 48.5 Å². The lowest BCUT2D eigenvalue weighted by Gasteiger charge is -2.34. The summed E-state index contributed by atoms with van der Waals surface area (Å²) in [5.41, 5.74) is 3.80. The van der Waals surface area contributed by atoms with Gasteiger partial charge in [-0.3, -0.25) is 9.59 Å². The highest BCUT2D eigenvalue weighted by molar-refractivity contribution is 5.85. The first-order valence-corrected chi connectivity index (χ1v) is 18.0. The molecule has 0 bridgehead atoms. The quantitative estimate of drug-likeness (QED) is 0.162. The summed E-state index contributed by atoms with van der Waals surface area (Å²) in [5, 5.41) is 9.12. The number of anilines is 3. The molecule has 0 unspecified atom stereocenters. The summed E-state index contributed by atoms with van der Waals surface area (Å²) in [6, 6.07) is 18.7. The first-order chi connectivity index (χ1) is 24.0. The van der Waals surface area contributed by atoms with Crippen molar-refractivity contribution in [2.45, 2.75) is 84.7 Å². The molecular weight excluding hydrogens is 628 g/mol. The average molecular weight is 679 g/mol. The Bertz CT molecular complexity index is 1820. The second-order valence-corrected chi connectivity index (χ2v) is 14.5. The highest BCUT2D eigenvalue weighted by Gasteiger charge is 2.30. The first-order valence-electron chi connectivity index (χ1n) is 18.0. The van der Waals surface area contributed by atoms with E-state index >= 15 is 0 Å². The Morgan fingerprint density at radius 3 is 2.58 bits per heavy atom. The molecule has 0 radical (unpaired) electrons. The standard InChI is InChI=1S/C40H50N6O4/c1-26-36(43-27(2)44-38(26)46-21-17-30(18-22-46)34-16-15-31-13-9-20-41-37(31)45-34)42-25-32(39(48)50-40(3,4)5)24-35(47)49-23-19-29-12-8-11-28-10-6-7-14-33(28)29/h6-8,10-12,14-16,30,32H,9,13,17-25H2,1-5H3,(H,41,45)(H,42,43,44)/t32-/m0/s1. The summed E-state index contributed by atoms with van der Waals surface area (Å²) in [5.74, 6) is 1.98. The minimum absolute atomic E-state index is 0.104. The SMILES string of the molecule is Cc1nc(NC[C@H](CC(=O)OCCc2cccc3ccccc23)C(=O)OC(C)(C)C)c(C)c(N2CCC(c3ccc4c(n3)NCCC4)CC2)n1.